The molecule has 2 heteroatoms. The van der Waals surface area contributed by atoms with E-state index in [4.69, 9.17) is 0 Å². The van der Waals surface area contributed by atoms with Crippen LogP contribution in [0.1, 0.15) is 13.8 Å². The van der Waals surface area contributed by atoms with Crippen LogP contribution >= 0.6 is 7.41 Å². The standard InChI is InChI=1S/C7H17NP/c1-6-5-9(4,8-3)7(6)2/h6-8H,5H2,1-4H3/q+1/t6?,7-,9?/m0/s1. The van der Waals surface area contributed by atoms with E-state index in [0.717, 1.165) is 11.6 Å². The Bertz CT molecular complexity index is 115. The lowest BCUT2D eigenvalue weighted by molar-refractivity contribution is 0.568. The molecule has 0 aliphatic carbocycles. The van der Waals surface area contributed by atoms with Gasteiger partial charge in [-0.1, -0.05) is 6.92 Å². The molecule has 0 aromatic heterocycles. The van der Waals surface area contributed by atoms with Crippen molar-refractivity contribution >= 4 is 7.41 Å². The molecule has 1 rings (SSSR count). The van der Waals surface area contributed by atoms with Gasteiger partial charge in [0.2, 0.25) is 0 Å². The Hall–Kier alpha value is 0.390. The Labute approximate surface area is 58.6 Å². The lowest BCUT2D eigenvalue weighted by atomic mass is 10.1. The first-order valence-corrected chi connectivity index (χ1v) is 6.13. The van der Waals surface area contributed by atoms with Gasteiger partial charge in [0.15, 0.2) is 0 Å². The zero-order valence-electron chi connectivity index (χ0n) is 6.81. The van der Waals surface area contributed by atoms with E-state index in [0.29, 0.717) is 0 Å². The normalized spacial score (nSPS) is 50.7. The highest BCUT2D eigenvalue weighted by molar-refractivity contribution is 7.75. The third-order valence-corrected chi connectivity index (χ3v) is 7.56. The highest BCUT2D eigenvalue weighted by Crippen LogP contribution is 2.67. The zero-order valence-corrected chi connectivity index (χ0v) is 7.70. The van der Waals surface area contributed by atoms with Crippen LogP contribution in [0.15, 0.2) is 0 Å². The van der Waals surface area contributed by atoms with Gasteiger partial charge < -0.3 is 0 Å². The average Bonchev–Trinajstić information content (AvgIpc) is 1.87. The molecule has 1 aliphatic heterocycles. The van der Waals surface area contributed by atoms with Gasteiger partial charge in [-0.25, -0.2) is 0 Å². The summed E-state index contributed by atoms with van der Waals surface area (Å²) in [6.07, 6.45) is 1.45. The SMILES string of the molecule is CN[P+]1(C)CC(C)[C@@H]1C. The highest BCUT2D eigenvalue weighted by atomic mass is 31.2. The smallest absolute Gasteiger partial charge is 0.0882 e. The van der Waals surface area contributed by atoms with Crippen molar-refractivity contribution in [3.8, 4) is 0 Å². The Morgan fingerprint density at radius 3 is 2.11 bits per heavy atom. The van der Waals surface area contributed by atoms with Crippen LogP contribution in [0, 0.1) is 5.92 Å². The number of nitrogens with one attached hydrogen (secondary N) is 1. The van der Waals surface area contributed by atoms with Crippen LogP contribution in [0.4, 0.5) is 0 Å². The van der Waals surface area contributed by atoms with Gasteiger partial charge in [0.05, 0.1) is 25.9 Å². The number of rotatable bonds is 1. The van der Waals surface area contributed by atoms with Gasteiger partial charge in [0.1, 0.15) is 0 Å². The van der Waals surface area contributed by atoms with Crippen molar-refractivity contribution in [3.05, 3.63) is 0 Å². The molecule has 0 radical (unpaired) electrons. The minimum absolute atomic E-state index is 0.621. The van der Waals surface area contributed by atoms with E-state index >= 15 is 0 Å². The molecule has 1 fully saturated rings. The number of hydrogen-bond donors (Lipinski definition) is 1. The van der Waals surface area contributed by atoms with Gasteiger partial charge in [-0.2, -0.15) is 5.09 Å². The molecule has 1 saturated heterocycles. The summed E-state index contributed by atoms with van der Waals surface area (Å²) < 4.78 is 0. The molecule has 1 aliphatic rings. The number of hydrogen-bond acceptors (Lipinski definition) is 1. The molecule has 54 valence electrons. The minimum atomic E-state index is -0.621. The lowest BCUT2D eigenvalue weighted by Crippen LogP contribution is -2.41. The summed E-state index contributed by atoms with van der Waals surface area (Å²) in [5.74, 6) is 0.968. The van der Waals surface area contributed by atoms with Crippen molar-refractivity contribution in [3.63, 3.8) is 0 Å². The van der Waals surface area contributed by atoms with Crippen LogP contribution in [0.2, 0.25) is 0 Å². The maximum absolute atomic E-state index is 3.47. The lowest BCUT2D eigenvalue weighted by Gasteiger charge is -2.42. The first-order valence-electron chi connectivity index (χ1n) is 3.64. The van der Waals surface area contributed by atoms with Gasteiger partial charge in [-0.15, -0.1) is 0 Å². The molecular formula is C7H17NP+. The molecule has 9 heavy (non-hydrogen) atoms. The van der Waals surface area contributed by atoms with Crippen molar-refractivity contribution in [2.45, 2.75) is 19.5 Å². The van der Waals surface area contributed by atoms with E-state index < -0.39 is 7.41 Å². The second kappa shape index (κ2) is 2.21. The van der Waals surface area contributed by atoms with Gasteiger partial charge in [0.25, 0.3) is 0 Å². The first kappa shape index (κ1) is 7.50. The molecule has 1 N–H and O–H groups in total. The fraction of sp³-hybridized carbons (Fsp3) is 1.00. The minimum Gasteiger partial charge on any atom is -0.195 e. The molecule has 0 saturated carbocycles. The third-order valence-electron chi connectivity index (χ3n) is 2.90. The summed E-state index contributed by atoms with van der Waals surface area (Å²) in [7, 11) is 1.49. The predicted octanol–water partition coefficient (Wildman–Crippen LogP) is 1.81. The van der Waals surface area contributed by atoms with Gasteiger partial charge in [-0.3, -0.25) is 0 Å². The molecule has 2 unspecified atom stereocenters. The van der Waals surface area contributed by atoms with Gasteiger partial charge in [0, 0.05) is 13.0 Å². The average molecular weight is 146 g/mol. The van der Waals surface area contributed by atoms with E-state index in [-0.39, 0.29) is 0 Å². The maximum Gasteiger partial charge on any atom is 0.0882 e. The first-order chi connectivity index (χ1) is 4.10. The van der Waals surface area contributed by atoms with Gasteiger partial charge in [-0.05, 0) is 6.92 Å². The van der Waals surface area contributed by atoms with Crippen LogP contribution in [0.3, 0.4) is 0 Å². The molecule has 0 amide bonds. The molecule has 0 aromatic rings. The Morgan fingerprint density at radius 1 is 1.44 bits per heavy atom. The van der Waals surface area contributed by atoms with Crippen LogP contribution in [0.25, 0.3) is 0 Å². The Balaban J connectivity index is 2.48. The molecule has 0 bridgehead atoms. The largest absolute Gasteiger partial charge is 0.195 e. The van der Waals surface area contributed by atoms with Gasteiger partial charge >= 0.3 is 0 Å². The molecule has 0 spiro atoms. The Morgan fingerprint density at radius 2 is 2.00 bits per heavy atom. The predicted molar refractivity (Wildman–Crippen MR) is 45.4 cm³/mol. The van der Waals surface area contributed by atoms with Crippen molar-refractivity contribution < 1.29 is 0 Å². The maximum atomic E-state index is 3.47. The summed E-state index contributed by atoms with van der Waals surface area (Å²) in [6, 6.07) is 0. The van der Waals surface area contributed by atoms with Crippen LogP contribution in [-0.4, -0.2) is 25.5 Å². The Kier molecular flexibility index (Phi) is 1.84. The van der Waals surface area contributed by atoms with Crippen LogP contribution in [0.5, 0.6) is 0 Å². The molecule has 1 heterocycles. The fourth-order valence-electron chi connectivity index (χ4n) is 1.64. The summed E-state index contributed by atoms with van der Waals surface area (Å²) in [5.41, 5.74) is 0.961. The summed E-state index contributed by atoms with van der Waals surface area (Å²) in [5, 5.41) is 3.47. The molecule has 0 aromatic carbocycles. The van der Waals surface area contributed by atoms with Crippen molar-refractivity contribution in [2.24, 2.45) is 5.92 Å². The topological polar surface area (TPSA) is 12.0 Å². The molecule has 3 atom stereocenters. The monoisotopic (exact) mass is 146 g/mol. The zero-order chi connectivity index (χ0) is 7.07. The highest BCUT2D eigenvalue weighted by Gasteiger charge is 2.52. The van der Waals surface area contributed by atoms with Crippen molar-refractivity contribution in [2.75, 3.05) is 19.9 Å². The van der Waals surface area contributed by atoms with Crippen LogP contribution < -0.4 is 5.09 Å². The molecule has 1 nitrogen and oxygen atoms in total. The molecular weight excluding hydrogens is 129 g/mol. The third kappa shape index (κ3) is 1.01. The quantitative estimate of drug-likeness (QED) is 0.556. The van der Waals surface area contributed by atoms with E-state index in [1.165, 1.54) is 6.16 Å². The van der Waals surface area contributed by atoms with E-state index in [1.807, 2.05) is 0 Å². The fourth-order valence-corrected chi connectivity index (χ4v) is 4.91. The van der Waals surface area contributed by atoms with Crippen molar-refractivity contribution in [1.29, 1.82) is 0 Å². The van der Waals surface area contributed by atoms with Crippen molar-refractivity contribution in [1.82, 2.24) is 5.09 Å². The van der Waals surface area contributed by atoms with Crippen LogP contribution in [-0.2, 0) is 0 Å². The second-order valence-electron chi connectivity index (χ2n) is 3.39. The van der Waals surface area contributed by atoms with E-state index in [9.17, 15) is 0 Å². The second-order valence-corrected chi connectivity index (χ2v) is 7.55. The van der Waals surface area contributed by atoms with E-state index in [1.54, 1.807) is 0 Å². The summed E-state index contributed by atoms with van der Waals surface area (Å²) in [4.78, 5) is 0. The summed E-state index contributed by atoms with van der Waals surface area (Å²) >= 11 is 0. The summed E-state index contributed by atoms with van der Waals surface area (Å²) in [6.45, 7) is 7.14. The van der Waals surface area contributed by atoms with E-state index in [2.05, 4.69) is 32.6 Å².